The Morgan fingerprint density at radius 3 is 2.42 bits per heavy atom. The van der Waals surface area contributed by atoms with E-state index >= 15 is 0 Å². The van der Waals surface area contributed by atoms with Gasteiger partial charge in [-0.05, 0) is 43.6 Å². The van der Waals surface area contributed by atoms with Crippen LogP contribution in [0.5, 0.6) is 0 Å². The molecule has 2 aliphatic rings. The molecule has 24 heavy (non-hydrogen) atoms. The van der Waals surface area contributed by atoms with E-state index in [0.717, 1.165) is 31.4 Å². The average Bonchev–Trinajstić information content (AvgIpc) is 2.93. The molecule has 1 aliphatic carbocycles. The fraction of sp³-hybridized carbons (Fsp3) is 0.529. The molecule has 0 bridgehead atoms. The second kappa shape index (κ2) is 7.34. The van der Waals surface area contributed by atoms with Crippen LogP contribution in [0.4, 0.5) is 4.79 Å². The molecular weight excluding hydrogens is 326 g/mol. The number of rotatable bonds is 3. The number of urea groups is 1. The summed E-state index contributed by atoms with van der Waals surface area (Å²) in [6.07, 6.45) is 4.29. The number of nitrogens with one attached hydrogen (secondary N) is 2. The van der Waals surface area contributed by atoms with Crippen molar-refractivity contribution >= 4 is 21.6 Å². The van der Waals surface area contributed by atoms with Crippen LogP contribution < -0.4 is 10.7 Å². The summed E-state index contributed by atoms with van der Waals surface area (Å²) in [5, 5.41) is 6.87. The number of amides is 2. The average molecular weight is 349 g/mol. The first-order valence-electron chi connectivity index (χ1n) is 8.39. The number of carbonyl (C=O) groups excluding carboxylic acids is 1. The lowest BCUT2D eigenvalue weighted by molar-refractivity contribution is 0.238. The van der Waals surface area contributed by atoms with Crippen molar-refractivity contribution in [3.8, 4) is 0 Å². The summed E-state index contributed by atoms with van der Waals surface area (Å²) in [7, 11) is -2.99. The predicted octanol–water partition coefficient (Wildman–Crippen LogP) is 2.19. The monoisotopic (exact) mass is 349 g/mol. The van der Waals surface area contributed by atoms with Crippen LogP contribution in [0.1, 0.15) is 43.6 Å². The number of hydrogen-bond acceptors (Lipinski definition) is 4. The second-order valence-corrected chi connectivity index (χ2v) is 8.78. The van der Waals surface area contributed by atoms with E-state index in [0.29, 0.717) is 12.3 Å². The fourth-order valence-electron chi connectivity index (χ4n) is 3.38. The SMILES string of the molecule is O=C(NN=C1CCC(c2ccccc2)CC1)N[C@@H]1CCS(=O)(=O)C1. The minimum atomic E-state index is -2.99. The lowest BCUT2D eigenvalue weighted by Gasteiger charge is -2.23. The maximum Gasteiger partial charge on any atom is 0.335 e. The smallest absolute Gasteiger partial charge is 0.333 e. The molecule has 1 aromatic carbocycles. The summed E-state index contributed by atoms with van der Waals surface area (Å²) in [5.41, 5.74) is 4.87. The second-order valence-electron chi connectivity index (χ2n) is 6.55. The molecule has 1 saturated heterocycles. The lowest BCUT2D eigenvalue weighted by Crippen LogP contribution is -2.41. The van der Waals surface area contributed by atoms with E-state index in [1.54, 1.807) is 0 Å². The summed E-state index contributed by atoms with van der Waals surface area (Å²) in [6, 6.07) is 9.75. The van der Waals surface area contributed by atoms with E-state index in [-0.39, 0.29) is 17.5 Å². The van der Waals surface area contributed by atoms with Gasteiger partial charge in [-0.25, -0.2) is 18.6 Å². The van der Waals surface area contributed by atoms with E-state index in [9.17, 15) is 13.2 Å². The van der Waals surface area contributed by atoms with E-state index in [4.69, 9.17) is 0 Å². The van der Waals surface area contributed by atoms with Crippen molar-refractivity contribution in [2.45, 2.75) is 44.1 Å². The topological polar surface area (TPSA) is 87.6 Å². The number of sulfone groups is 1. The Balaban J connectivity index is 1.44. The molecule has 1 heterocycles. The normalized spacial score (nSPS) is 25.9. The van der Waals surface area contributed by atoms with Gasteiger partial charge in [0.05, 0.1) is 11.5 Å². The van der Waals surface area contributed by atoms with Crippen LogP contribution in [-0.4, -0.2) is 37.7 Å². The maximum atomic E-state index is 11.8. The van der Waals surface area contributed by atoms with Crippen molar-refractivity contribution in [2.24, 2.45) is 5.10 Å². The highest BCUT2D eigenvalue weighted by Gasteiger charge is 2.28. The Hall–Kier alpha value is -1.89. The molecule has 1 aromatic rings. The highest BCUT2D eigenvalue weighted by atomic mass is 32.2. The van der Waals surface area contributed by atoms with Gasteiger partial charge < -0.3 is 5.32 Å². The molecule has 0 unspecified atom stereocenters. The van der Waals surface area contributed by atoms with Gasteiger partial charge in [0.1, 0.15) is 0 Å². The Morgan fingerprint density at radius 1 is 1.08 bits per heavy atom. The van der Waals surface area contributed by atoms with Gasteiger partial charge in [0, 0.05) is 11.8 Å². The quantitative estimate of drug-likeness (QED) is 0.820. The van der Waals surface area contributed by atoms with Gasteiger partial charge in [-0.15, -0.1) is 0 Å². The fourth-order valence-corrected chi connectivity index (χ4v) is 5.05. The van der Waals surface area contributed by atoms with Crippen LogP contribution in [0.2, 0.25) is 0 Å². The van der Waals surface area contributed by atoms with E-state index in [1.165, 1.54) is 5.56 Å². The molecule has 0 aromatic heterocycles. The molecule has 1 saturated carbocycles. The van der Waals surface area contributed by atoms with Crippen molar-refractivity contribution in [3.05, 3.63) is 35.9 Å². The minimum Gasteiger partial charge on any atom is -0.333 e. The molecule has 1 atom stereocenters. The third-order valence-electron chi connectivity index (χ3n) is 4.72. The van der Waals surface area contributed by atoms with E-state index in [1.807, 2.05) is 6.07 Å². The minimum absolute atomic E-state index is 0.0236. The molecule has 2 N–H and O–H groups in total. The van der Waals surface area contributed by atoms with Crippen LogP contribution in [0, 0.1) is 0 Å². The zero-order chi connectivity index (χ0) is 17.0. The van der Waals surface area contributed by atoms with Gasteiger partial charge >= 0.3 is 6.03 Å². The summed E-state index contributed by atoms with van der Waals surface area (Å²) in [5.74, 6) is 0.728. The molecule has 6 nitrogen and oxygen atoms in total. The van der Waals surface area contributed by atoms with Gasteiger partial charge in [-0.2, -0.15) is 5.10 Å². The first kappa shape index (κ1) is 17.0. The first-order valence-corrected chi connectivity index (χ1v) is 10.2. The zero-order valence-electron chi connectivity index (χ0n) is 13.6. The number of benzene rings is 1. The number of nitrogens with zero attached hydrogens (tertiary/aromatic N) is 1. The van der Waals surface area contributed by atoms with Gasteiger partial charge in [-0.1, -0.05) is 30.3 Å². The van der Waals surface area contributed by atoms with Gasteiger partial charge in [-0.3, -0.25) is 0 Å². The summed E-state index contributed by atoms with van der Waals surface area (Å²) in [6.45, 7) is 0. The number of hydrazone groups is 1. The Bertz CT molecular complexity index is 706. The van der Waals surface area contributed by atoms with Gasteiger partial charge in [0.15, 0.2) is 9.84 Å². The van der Waals surface area contributed by atoms with Gasteiger partial charge in [0.25, 0.3) is 0 Å². The van der Waals surface area contributed by atoms with Crippen LogP contribution in [0.15, 0.2) is 35.4 Å². The molecule has 0 spiro atoms. The first-order chi connectivity index (χ1) is 11.5. The summed E-state index contributed by atoms with van der Waals surface area (Å²) >= 11 is 0. The molecule has 0 radical (unpaired) electrons. The summed E-state index contributed by atoms with van der Waals surface area (Å²) in [4.78, 5) is 11.8. The third-order valence-corrected chi connectivity index (χ3v) is 6.48. The highest BCUT2D eigenvalue weighted by Crippen LogP contribution is 2.31. The molecule has 7 heteroatoms. The van der Waals surface area contributed by atoms with Crippen molar-refractivity contribution in [2.75, 3.05) is 11.5 Å². The van der Waals surface area contributed by atoms with Crippen molar-refractivity contribution in [1.82, 2.24) is 10.7 Å². The Kier molecular flexibility index (Phi) is 5.18. The van der Waals surface area contributed by atoms with Crippen molar-refractivity contribution in [3.63, 3.8) is 0 Å². The van der Waals surface area contributed by atoms with E-state index in [2.05, 4.69) is 40.1 Å². The van der Waals surface area contributed by atoms with Crippen LogP contribution >= 0.6 is 0 Å². The molecular formula is C17H23N3O3S. The molecule has 2 amide bonds. The van der Waals surface area contributed by atoms with Crippen molar-refractivity contribution in [1.29, 1.82) is 0 Å². The Labute approximate surface area is 142 Å². The number of hydrogen-bond donors (Lipinski definition) is 2. The third kappa shape index (κ3) is 4.56. The molecule has 2 fully saturated rings. The summed E-state index contributed by atoms with van der Waals surface area (Å²) < 4.78 is 22.8. The molecule has 3 rings (SSSR count). The maximum absolute atomic E-state index is 11.8. The van der Waals surface area contributed by atoms with Crippen molar-refractivity contribution < 1.29 is 13.2 Å². The van der Waals surface area contributed by atoms with Crippen LogP contribution in [-0.2, 0) is 9.84 Å². The number of carbonyl (C=O) groups is 1. The Morgan fingerprint density at radius 2 is 1.79 bits per heavy atom. The highest BCUT2D eigenvalue weighted by molar-refractivity contribution is 7.91. The van der Waals surface area contributed by atoms with Crippen LogP contribution in [0.25, 0.3) is 0 Å². The molecule has 1 aliphatic heterocycles. The predicted molar refractivity (Wildman–Crippen MR) is 93.8 cm³/mol. The van der Waals surface area contributed by atoms with Gasteiger partial charge in [0.2, 0.25) is 0 Å². The lowest BCUT2D eigenvalue weighted by atomic mass is 9.83. The molecule has 130 valence electrons. The van der Waals surface area contributed by atoms with Crippen LogP contribution in [0.3, 0.4) is 0 Å². The zero-order valence-corrected chi connectivity index (χ0v) is 14.4. The standard InChI is InChI=1S/C17H23N3O3S/c21-17(18-16-10-11-24(22,23)12-16)20-19-15-8-6-14(7-9-15)13-4-2-1-3-5-13/h1-5,14,16H,6-12H2,(H2,18,20,21)/t14?,16-/m1/s1. The van der Waals surface area contributed by atoms with E-state index < -0.39 is 15.9 Å². The largest absolute Gasteiger partial charge is 0.335 e.